The van der Waals surface area contributed by atoms with Crippen LogP contribution in [0.15, 0.2) is 29.8 Å². The Morgan fingerprint density at radius 1 is 1.31 bits per heavy atom. The normalized spacial score (nSPS) is 9.38. The second-order valence-electron chi connectivity index (χ2n) is 3.11. The van der Waals surface area contributed by atoms with Gasteiger partial charge in [-0.25, -0.2) is 4.79 Å². The Balaban J connectivity index is 3.20. The highest BCUT2D eigenvalue weighted by Crippen LogP contribution is 2.12. The summed E-state index contributed by atoms with van der Waals surface area (Å²) in [6.45, 7) is 3.89. The van der Waals surface area contributed by atoms with Crippen molar-refractivity contribution in [1.82, 2.24) is 0 Å². The fourth-order valence-electron chi connectivity index (χ4n) is 1.13. The maximum Gasteiger partial charge on any atom is 0.336 e. The van der Waals surface area contributed by atoms with Gasteiger partial charge in [-0.15, -0.1) is 0 Å². The van der Waals surface area contributed by atoms with E-state index in [9.17, 15) is 4.79 Å². The monoisotopic (exact) mass is 176 g/mol. The lowest BCUT2D eigenvalue weighted by Crippen LogP contribution is -1.98. The van der Waals surface area contributed by atoms with Gasteiger partial charge in [0.1, 0.15) is 0 Å². The Kier molecular flexibility index (Phi) is 2.85. The highest BCUT2D eigenvalue weighted by Gasteiger charge is 2.05. The van der Waals surface area contributed by atoms with Crippen LogP contribution in [0.25, 0.3) is 6.08 Å². The summed E-state index contributed by atoms with van der Waals surface area (Å²) >= 11 is 0. The lowest BCUT2D eigenvalue weighted by atomic mass is 10.1. The molecular weight excluding hydrogens is 164 g/mol. The third kappa shape index (κ3) is 2.44. The molecule has 0 saturated carbocycles. The number of carboxylic acids is 1. The first kappa shape index (κ1) is 9.52. The molecule has 0 bridgehead atoms. The van der Waals surface area contributed by atoms with Gasteiger partial charge in [-0.3, -0.25) is 0 Å². The highest BCUT2D eigenvalue weighted by molar-refractivity contribution is 5.92. The van der Waals surface area contributed by atoms with Crippen LogP contribution < -0.4 is 0 Å². The van der Waals surface area contributed by atoms with Crippen LogP contribution >= 0.6 is 0 Å². The smallest absolute Gasteiger partial charge is 0.336 e. The van der Waals surface area contributed by atoms with Crippen LogP contribution in [0.4, 0.5) is 0 Å². The van der Waals surface area contributed by atoms with Gasteiger partial charge in [-0.1, -0.05) is 29.8 Å². The van der Waals surface area contributed by atoms with Gasteiger partial charge >= 0.3 is 5.97 Å². The van der Waals surface area contributed by atoms with Crippen LogP contribution in [0.5, 0.6) is 0 Å². The summed E-state index contributed by atoms with van der Waals surface area (Å²) in [6, 6.07) is 6.97. The molecule has 13 heavy (non-hydrogen) atoms. The SMILES string of the molecule is CC(C)=Cc1ccccc1C(=O)O. The summed E-state index contributed by atoms with van der Waals surface area (Å²) in [7, 11) is 0. The van der Waals surface area contributed by atoms with Crippen molar-refractivity contribution in [3.8, 4) is 0 Å². The fraction of sp³-hybridized carbons (Fsp3) is 0.182. The molecule has 0 fully saturated rings. The first-order chi connectivity index (χ1) is 6.11. The molecule has 0 aliphatic heterocycles. The molecule has 0 saturated heterocycles. The topological polar surface area (TPSA) is 37.3 Å². The summed E-state index contributed by atoms with van der Waals surface area (Å²) < 4.78 is 0. The number of rotatable bonds is 2. The quantitative estimate of drug-likeness (QED) is 0.752. The van der Waals surface area contributed by atoms with E-state index in [0.29, 0.717) is 5.56 Å². The van der Waals surface area contributed by atoms with Crippen molar-refractivity contribution in [1.29, 1.82) is 0 Å². The summed E-state index contributed by atoms with van der Waals surface area (Å²) in [5.41, 5.74) is 2.20. The lowest BCUT2D eigenvalue weighted by Gasteiger charge is -2.00. The summed E-state index contributed by atoms with van der Waals surface area (Å²) in [6.07, 6.45) is 1.86. The highest BCUT2D eigenvalue weighted by atomic mass is 16.4. The molecule has 0 heterocycles. The molecule has 0 unspecified atom stereocenters. The molecule has 0 radical (unpaired) electrons. The van der Waals surface area contributed by atoms with Crippen LogP contribution in [-0.2, 0) is 0 Å². The number of allylic oxidation sites excluding steroid dienone is 1. The van der Waals surface area contributed by atoms with Crippen molar-refractivity contribution in [2.24, 2.45) is 0 Å². The van der Waals surface area contributed by atoms with E-state index in [4.69, 9.17) is 5.11 Å². The number of benzene rings is 1. The minimum Gasteiger partial charge on any atom is -0.478 e. The van der Waals surface area contributed by atoms with Gasteiger partial charge in [-0.05, 0) is 25.5 Å². The molecule has 1 rings (SSSR count). The van der Waals surface area contributed by atoms with Crippen molar-refractivity contribution < 1.29 is 9.90 Å². The molecule has 0 aliphatic rings. The number of hydrogen-bond acceptors (Lipinski definition) is 1. The molecule has 1 aromatic rings. The van der Waals surface area contributed by atoms with Crippen molar-refractivity contribution in [3.63, 3.8) is 0 Å². The number of carboxylic acid groups (broad SMARTS) is 1. The second-order valence-corrected chi connectivity index (χ2v) is 3.11. The minimum atomic E-state index is -0.881. The van der Waals surface area contributed by atoms with Gasteiger partial charge in [0.15, 0.2) is 0 Å². The zero-order valence-corrected chi connectivity index (χ0v) is 7.74. The Hall–Kier alpha value is -1.57. The molecule has 0 spiro atoms. The van der Waals surface area contributed by atoms with Crippen LogP contribution in [-0.4, -0.2) is 11.1 Å². The zero-order valence-electron chi connectivity index (χ0n) is 7.74. The van der Waals surface area contributed by atoms with Crippen molar-refractivity contribution in [2.75, 3.05) is 0 Å². The van der Waals surface area contributed by atoms with E-state index < -0.39 is 5.97 Å². The molecule has 0 amide bonds. The Morgan fingerprint density at radius 3 is 2.46 bits per heavy atom. The van der Waals surface area contributed by atoms with Gasteiger partial charge in [0.25, 0.3) is 0 Å². The second kappa shape index (κ2) is 3.90. The molecule has 2 heteroatoms. The molecule has 0 aromatic heterocycles. The first-order valence-corrected chi connectivity index (χ1v) is 4.08. The van der Waals surface area contributed by atoms with Gasteiger partial charge in [0.05, 0.1) is 5.56 Å². The Labute approximate surface area is 77.5 Å². The van der Waals surface area contributed by atoms with Crippen molar-refractivity contribution in [3.05, 3.63) is 41.0 Å². The van der Waals surface area contributed by atoms with Crippen LogP contribution in [0, 0.1) is 0 Å². The third-order valence-corrected chi connectivity index (χ3v) is 1.64. The largest absolute Gasteiger partial charge is 0.478 e. The van der Waals surface area contributed by atoms with Gasteiger partial charge in [-0.2, -0.15) is 0 Å². The zero-order chi connectivity index (χ0) is 9.84. The standard InChI is InChI=1S/C11H12O2/c1-8(2)7-9-5-3-4-6-10(9)11(12)13/h3-7H,1-2H3,(H,12,13). The van der Waals surface area contributed by atoms with Crippen molar-refractivity contribution in [2.45, 2.75) is 13.8 Å². The summed E-state index contributed by atoms with van der Waals surface area (Å²) in [5, 5.41) is 8.85. The first-order valence-electron chi connectivity index (χ1n) is 4.08. The summed E-state index contributed by atoms with van der Waals surface area (Å²) in [5.74, 6) is -0.881. The van der Waals surface area contributed by atoms with E-state index in [1.165, 1.54) is 0 Å². The Bertz CT molecular complexity index is 347. The molecule has 68 valence electrons. The van der Waals surface area contributed by atoms with Crippen molar-refractivity contribution >= 4 is 12.0 Å². The predicted molar refractivity (Wildman–Crippen MR) is 52.7 cm³/mol. The molecule has 1 aromatic carbocycles. The average Bonchev–Trinajstić information content (AvgIpc) is 2.03. The predicted octanol–water partition coefficient (Wildman–Crippen LogP) is 2.81. The number of hydrogen-bond donors (Lipinski definition) is 1. The fourth-order valence-corrected chi connectivity index (χ4v) is 1.13. The molecule has 0 atom stereocenters. The van der Waals surface area contributed by atoms with E-state index >= 15 is 0 Å². The van der Waals surface area contributed by atoms with E-state index in [1.54, 1.807) is 18.2 Å². The van der Waals surface area contributed by atoms with Gasteiger partial charge in [0.2, 0.25) is 0 Å². The molecule has 0 aliphatic carbocycles. The van der Waals surface area contributed by atoms with Crippen LogP contribution in [0.2, 0.25) is 0 Å². The van der Waals surface area contributed by atoms with E-state index in [2.05, 4.69) is 0 Å². The maximum atomic E-state index is 10.8. The maximum absolute atomic E-state index is 10.8. The van der Waals surface area contributed by atoms with Gasteiger partial charge in [0, 0.05) is 0 Å². The Morgan fingerprint density at radius 2 is 1.92 bits per heavy atom. The molecule has 2 nitrogen and oxygen atoms in total. The molecular formula is C11H12O2. The average molecular weight is 176 g/mol. The van der Waals surface area contributed by atoms with Gasteiger partial charge < -0.3 is 5.11 Å². The summed E-state index contributed by atoms with van der Waals surface area (Å²) in [4.78, 5) is 10.8. The van der Waals surface area contributed by atoms with Crippen LogP contribution in [0.3, 0.4) is 0 Å². The van der Waals surface area contributed by atoms with Crippen LogP contribution in [0.1, 0.15) is 29.8 Å². The number of aromatic carboxylic acids is 1. The third-order valence-electron chi connectivity index (χ3n) is 1.64. The minimum absolute atomic E-state index is 0.351. The lowest BCUT2D eigenvalue weighted by molar-refractivity contribution is 0.0696. The van der Waals surface area contributed by atoms with E-state index in [1.807, 2.05) is 26.0 Å². The van der Waals surface area contributed by atoms with E-state index in [0.717, 1.165) is 11.1 Å². The van der Waals surface area contributed by atoms with E-state index in [-0.39, 0.29) is 0 Å². The molecule has 1 N–H and O–H groups in total. The number of carbonyl (C=O) groups is 1.